The van der Waals surface area contributed by atoms with Gasteiger partial charge >= 0.3 is 0 Å². The van der Waals surface area contributed by atoms with Gasteiger partial charge in [-0.15, -0.1) is 0 Å². The van der Waals surface area contributed by atoms with Crippen LogP contribution in [0.2, 0.25) is 0 Å². The van der Waals surface area contributed by atoms with Crippen LogP contribution in [0.1, 0.15) is 38.9 Å². The molecular weight excluding hydrogens is 292 g/mol. The Hall–Kier alpha value is -1.05. The van der Waals surface area contributed by atoms with Crippen molar-refractivity contribution in [2.75, 3.05) is 11.4 Å². The fraction of sp³-hybridized carbons (Fsp3) is 0.500. The topological polar surface area (TPSA) is 47.3 Å². The zero-order chi connectivity index (χ0) is 13.7. The molecule has 3 nitrogen and oxygen atoms in total. The first-order valence-corrected chi connectivity index (χ1v) is 6.87. The Labute approximate surface area is 117 Å². The Morgan fingerprint density at radius 1 is 1.39 bits per heavy atom. The van der Waals surface area contributed by atoms with E-state index in [2.05, 4.69) is 40.7 Å². The van der Waals surface area contributed by atoms with Crippen molar-refractivity contribution < 1.29 is 5.11 Å². The Morgan fingerprint density at radius 2 is 2.06 bits per heavy atom. The minimum Gasteiger partial charge on any atom is -0.389 e. The van der Waals surface area contributed by atoms with E-state index in [0.29, 0.717) is 13.0 Å². The molecule has 0 aliphatic heterocycles. The van der Waals surface area contributed by atoms with E-state index in [0.717, 1.165) is 15.7 Å². The Morgan fingerprint density at radius 3 is 2.56 bits per heavy atom. The SMILES string of the molecule is CC(O)c1cc(Br)ccc1N(CCC#N)C(C)C. The lowest BCUT2D eigenvalue weighted by Crippen LogP contribution is -2.32. The quantitative estimate of drug-likeness (QED) is 0.903. The van der Waals surface area contributed by atoms with Gasteiger partial charge in [-0.1, -0.05) is 15.9 Å². The third-order valence-corrected chi connectivity index (χ3v) is 3.33. The lowest BCUT2D eigenvalue weighted by atomic mass is 10.1. The zero-order valence-corrected chi connectivity index (χ0v) is 12.6. The molecule has 1 aromatic rings. The van der Waals surface area contributed by atoms with E-state index in [1.807, 2.05) is 18.2 Å². The maximum Gasteiger partial charge on any atom is 0.0782 e. The highest BCUT2D eigenvalue weighted by Gasteiger charge is 2.17. The van der Waals surface area contributed by atoms with Crippen LogP contribution in [0.5, 0.6) is 0 Å². The van der Waals surface area contributed by atoms with Crippen LogP contribution in [0.3, 0.4) is 0 Å². The van der Waals surface area contributed by atoms with Crippen molar-refractivity contribution in [2.45, 2.75) is 39.3 Å². The molecule has 1 unspecified atom stereocenters. The smallest absolute Gasteiger partial charge is 0.0782 e. The number of benzene rings is 1. The summed E-state index contributed by atoms with van der Waals surface area (Å²) in [6, 6.07) is 8.34. The van der Waals surface area contributed by atoms with Crippen LogP contribution in [0.4, 0.5) is 5.69 Å². The van der Waals surface area contributed by atoms with Crippen molar-refractivity contribution in [1.29, 1.82) is 5.26 Å². The van der Waals surface area contributed by atoms with Crippen molar-refractivity contribution in [3.8, 4) is 6.07 Å². The van der Waals surface area contributed by atoms with Gasteiger partial charge in [0, 0.05) is 28.3 Å². The molecule has 0 aliphatic carbocycles. The second kappa shape index (κ2) is 6.77. The van der Waals surface area contributed by atoms with Gasteiger partial charge < -0.3 is 10.0 Å². The molecule has 0 saturated heterocycles. The van der Waals surface area contributed by atoms with Crippen molar-refractivity contribution in [3.63, 3.8) is 0 Å². The standard InChI is InChI=1S/C14H19BrN2O/c1-10(2)17(8-4-7-16)14-6-5-12(15)9-13(14)11(3)18/h5-6,9-11,18H,4,8H2,1-3H3. The van der Waals surface area contributed by atoms with Crippen molar-refractivity contribution >= 4 is 21.6 Å². The maximum absolute atomic E-state index is 9.87. The molecule has 18 heavy (non-hydrogen) atoms. The highest BCUT2D eigenvalue weighted by atomic mass is 79.9. The molecule has 0 amide bonds. The number of anilines is 1. The minimum atomic E-state index is -0.527. The first-order valence-electron chi connectivity index (χ1n) is 6.08. The van der Waals surface area contributed by atoms with Crippen LogP contribution in [0, 0.1) is 11.3 Å². The second-order valence-corrected chi connectivity index (χ2v) is 5.49. The number of halogens is 1. The lowest BCUT2D eigenvalue weighted by molar-refractivity contribution is 0.199. The van der Waals surface area contributed by atoms with Crippen molar-refractivity contribution in [1.82, 2.24) is 0 Å². The van der Waals surface area contributed by atoms with Gasteiger partial charge in [0.15, 0.2) is 0 Å². The predicted octanol–water partition coefficient (Wildman–Crippen LogP) is 3.63. The molecule has 0 spiro atoms. The van der Waals surface area contributed by atoms with Gasteiger partial charge in [0.25, 0.3) is 0 Å². The van der Waals surface area contributed by atoms with E-state index in [1.165, 1.54) is 0 Å². The summed E-state index contributed by atoms with van der Waals surface area (Å²) in [4.78, 5) is 2.15. The highest BCUT2D eigenvalue weighted by Crippen LogP contribution is 2.30. The average molecular weight is 311 g/mol. The van der Waals surface area contributed by atoms with Crippen LogP contribution in [-0.4, -0.2) is 17.7 Å². The molecule has 4 heteroatoms. The van der Waals surface area contributed by atoms with Gasteiger partial charge in [0.2, 0.25) is 0 Å². The average Bonchev–Trinajstić information content (AvgIpc) is 2.30. The molecule has 0 bridgehead atoms. The van der Waals surface area contributed by atoms with Gasteiger partial charge in [0.05, 0.1) is 18.6 Å². The van der Waals surface area contributed by atoms with Crippen LogP contribution in [0.15, 0.2) is 22.7 Å². The molecule has 0 aliphatic rings. The molecular formula is C14H19BrN2O. The van der Waals surface area contributed by atoms with Crippen LogP contribution in [-0.2, 0) is 0 Å². The van der Waals surface area contributed by atoms with Crippen molar-refractivity contribution in [3.05, 3.63) is 28.2 Å². The largest absolute Gasteiger partial charge is 0.389 e. The third-order valence-electron chi connectivity index (χ3n) is 2.84. The van der Waals surface area contributed by atoms with E-state index in [9.17, 15) is 5.11 Å². The van der Waals surface area contributed by atoms with Gasteiger partial charge in [-0.2, -0.15) is 5.26 Å². The van der Waals surface area contributed by atoms with E-state index in [-0.39, 0.29) is 6.04 Å². The summed E-state index contributed by atoms with van der Waals surface area (Å²) in [6.07, 6.45) is -0.0473. The van der Waals surface area contributed by atoms with Crippen LogP contribution >= 0.6 is 15.9 Å². The second-order valence-electron chi connectivity index (χ2n) is 4.57. The summed E-state index contributed by atoms with van der Waals surface area (Å²) in [6.45, 7) is 6.61. The molecule has 0 heterocycles. The summed E-state index contributed by atoms with van der Waals surface area (Å²) in [5.74, 6) is 0. The number of aliphatic hydroxyl groups is 1. The number of hydrogen-bond acceptors (Lipinski definition) is 3. The van der Waals surface area contributed by atoms with Gasteiger partial charge in [-0.25, -0.2) is 0 Å². The maximum atomic E-state index is 9.87. The molecule has 0 aromatic heterocycles. The number of nitriles is 1. The molecule has 1 atom stereocenters. The van der Waals surface area contributed by atoms with Crippen molar-refractivity contribution in [2.24, 2.45) is 0 Å². The molecule has 0 radical (unpaired) electrons. The number of nitrogens with zero attached hydrogens (tertiary/aromatic N) is 2. The molecule has 0 saturated carbocycles. The van der Waals surface area contributed by atoms with Crippen LogP contribution in [0.25, 0.3) is 0 Å². The fourth-order valence-electron chi connectivity index (χ4n) is 1.95. The summed E-state index contributed by atoms with van der Waals surface area (Å²) >= 11 is 3.42. The minimum absolute atomic E-state index is 0.289. The summed E-state index contributed by atoms with van der Waals surface area (Å²) in [7, 11) is 0. The number of aliphatic hydroxyl groups excluding tert-OH is 1. The van der Waals surface area contributed by atoms with Gasteiger partial charge in [-0.05, 0) is 39.0 Å². The molecule has 0 fully saturated rings. The van der Waals surface area contributed by atoms with Gasteiger partial charge in [-0.3, -0.25) is 0 Å². The van der Waals surface area contributed by atoms with E-state index >= 15 is 0 Å². The zero-order valence-electron chi connectivity index (χ0n) is 11.0. The molecule has 1 N–H and O–H groups in total. The Balaban J connectivity index is 3.15. The molecule has 1 rings (SSSR count). The fourth-order valence-corrected chi connectivity index (χ4v) is 2.33. The monoisotopic (exact) mass is 310 g/mol. The van der Waals surface area contributed by atoms with E-state index < -0.39 is 6.10 Å². The normalized spacial score (nSPS) is 12.3. The third kappa shape index (κ3) is 3.72. The molecule has 1 aromatic carbocycles. The highest BCUT2D eigenvalue weighted by molar-refractivity contribution is 9.10. The number of rotatable bonds is 5. The lowest BCUT2D eigenvalue weighted by Gasteiger charge is -2.31. The first-order chi connectivity index (χ1) is 8.47. The Kier molecular flexibility index (Phi) is 5.64. The summed E-state index contributed by atoms with van der Waals surface area (Å²) in [5, 5.41) is 18.6. The first kappa shape index (κ1) is 15.0. The predicted molar refractivity (Wildman–Crippen MR) is 77.5 cm³/mol. The summed E-state index contributed by atoms with van der Waals surface area (Å²) in [5.41, 5.74) is 1.88. The Bertz CT molecular complexity index is 438. The van der Waals surface area contributed by atoms with E-state index in [1.54, 1.807) is 6.92 Å². The summed E-state index contributed by atoms with van der Waals surface area (Å²) < 4.78 is 0.950. The van der Waals surface area contributed by atoms with Crippen LogP contribution < -0.4 is 4.90 Å². The van der Waals surface area contributed by atoms with Gasteiger partial charge in [0.1, 0.15) is 0 Å². The number of hydrogen-bond donors (Lipinski definition) is 1. The van der Waals surface area contributed by atoms with E-state index in [4.69, 9.17) is 5.26 Å². The molecule has 98 valence electrons.